The van der Waals surface area contributed by atoms with Crippen molar-refractivity contribution in [1.82, 2.24) is 5.32 Å². The zero-order chi connectivity index (χ0) is 13.7. The first-order valence-electron chi connectivity index (χ1n) is 6.75. The first kappa shape index (κ1) is 13.9. The molecule has 0 saturated carbocycles. The maximum atomic E-state index is 11.1. The van der Waals surface area contributed by atoms with Gasteiger partial charge < -0.3 is 14.8 Å². The van der Waals surface area contributed by atoms with E-state index in [1.54, 1.807) is 0 Å². The second-order valence-electron chi connectivity index (χ2n) is 4.73. The van der Waals surface area contributed by atoms with Crippen LogP contribution in [-0.2, 0) is 16.0 Å². The number of carbonyl (C=O) groups excluding carboxylic acids is 1. The standard InChI is InChI=1S/C15H21NO3/c1-16-13-7-3-6-12-11(13)5-4-8-14(12)19-10-9-15(17)18-2/h4-5,8,13,16H,3,6-7,9-10H2,1-2H3. The molecular weight excluding hydrogens is 242 g/mol. The molecule has 0 saturated heterocycles. The van der Waals surface area contributed by atoms with Crippen molar-refractivity contribution in [3.63, 3.8) is 0 Å². The molecular formula is C15H21NO3. The molecule has 0 amide bonds. The Balaban J connectivity index is 2.07. The first-order chi connectivity index (χ1) is 9.26. The molecule has 104 valence electrons. The predicted octanol–water partition coefficient (Wildman–Crippen LogP) is 2.23. The van der Waals surface area contributed by atoms with E-state index in [1.165, 1.54) is 18.2 Å². The summed E-state index contributed by atoms with van der Waals surface area (Å²) in [4.78, 5) is 11.1. The third kappa shape index (κ3) is 3.26. The number of methoxy groups -OCH3 is 1. The van der Waals surface area contributed by atoms with Crippen molar-refractivity contribution in [1.29, 1.82) is 0 Å². The minimum atomic E-state index is -0.238. The number of hydrogen-bond donors (Lipinski definition) is 1. The fourth-order valence-electron chi connectivity index (χ4n) is 2.60. The maximum Gasteiger partial charge on any atom is 0.308 e. The van der Waals surface area contributed by atoms with Gasteiger partial charge >= 0.3 is 5.97 Å². The van der Waals surface area contributed by atoms with Crippen LogP contribution in [0.1, 0.15) is 36.4 Å². The largest absolute Gasteiger partial charge is 0.493 e. The van der Waals surface area contributed by atoms with E-state index in [0.29, 0.717) is 12.6 Å². The van der Waals surface area contributed by atoms with Crippen LogP contribution < -0.4 is 10.1 Å². The smallest absolute Gasteiger partial charge is 0.308 e. The Bertz CT molecular complexity index is 445. The van der Waals surface area contributed by atoms with Crippen LogP contribution >= 0.6 is 0 Å². The van der Waals surface area contributed by atoms with Crippen LogP contribution in [0, 0.1) is 0 Å². The zero-order valence-corrected chi connectivity index (χ0v) is 11.6. The summed E-state index contributed by atoms with van der Waals surface area (Å²) < 4.78 is 10.3. The number of carbonyl (C=O) groups is 1. The van der Waals surface area contributed by atoms with Gasteiger partial charge in [-0.1, -0.05) is 12.1 Å². The number of rotatable bonds is 5. The van der Waals surface area contributed by atoms with Crippen LogP contribution in [0.5, 0.6) is 5.75 Å². The number of ether oxygens (including phenoxy) is 2. The molecule has 1 aliphatic rings. The van der Waals surface area contributed by atoms with E-state index >= 15 is 0 Å². The molecule has 0 aromatic heterocycles. The molecule has 4 heteroatoms. The van der Waals surface area contributed by atoms with E-state index in [1.807, 2.05) is 19.2 Å². The summed E-state index contributed by atoms with van der Waals surface area (Å²) in [5, 5.41) is 3.34. The Hall–Kier alpha value is -1.55. The molecule has 1 aromatic rings. The quantitative estimate of drug-likeness (QED) is 0.828. The Labute approximate surface area is 114 Å². The molecule has 0 fully saturated rings. The van der Waals surface area contributed by atoms with E-state index in [0.717, 1.165) is 25.0 Å². The Morgan fingerprint density at radius 3 is 3.05 bits per heavy atom. The third-order valence-corrected chi connectivity index (χ3v) is 3.60. The molecule has 0 bridgehead atoms. The van der Waals surface area contributed by atoms with Gasteiger partial charge in [-0.25, -0.2) is 0 Å². The first-order valence-corrected chi connectivity index (χ1v) is 6.75. The van der Waals surface area contributed by atoms with E-state index in [-0.39, 0.29) is 12.4 Å². The Kier molecular flexibility index (Phi) is 4.80. The number of esters is 1. The van der Waals surface area contributed by atoms with Crippen molar-refractivity contribution in [2.24, 2.45) is 0 Å². The van der Waals surface area contributed by atoms with E-state index < -0.39 is 0 Å². The van der Waals surface area contributed by atoms with Gasteiger partial charge in [0, 0.05) is 6.04 Å². The summed E-state index contributed by atoms with van der Waals surface area (Å²) in [6, 6.07) is 6.56. The molecule has 2 rings (SSSR count). The second kappa shape index (κ2) is 6.57. The highest BCUT2D eigenvalue weighted by atomic mass is 16.5. The van der Waals surface area contributed by atoms with Crippen LogP contribution in [0.25, 0.3) is 0 Å². The van der Waals surface area contributed by atoms with Gasteiger partial charge in [-0.3, -0.25) is 4.79 Å². The van der Waals surface area contributed by atoms with Gasteiger partial charge in [0.15, 0.2) is 0 Å². The monoisotopic (exact) mass is 263 g/mol. The molecule has 19 heavy (non-hydrogen) atoms. The average Bonchev–Trinajstić information content (AvgIpc) is 2.46. The lowest BCUT2D eigenvalue weighted by Gasteiger charge is -2.26. The van der Waals surface area contributed by atoms with Crippen molar-refractivity contribution < 1.29 is 14.3 Å². The van der Waals surface area contributed by atoms with Crippen LogP contribution in [0.3, 0.4) is 0 Å². The van der Waals surface area contributed by atoms with Gasteiger partial charge in [-0.05, 0) is 43.5 Å². The van der Waals surface area contributed by atoms with Crippen LogP contribution in [0.15, 0.2) is 18.2 Å². The van der Waals surface area contributed by atoms with E-state index in [4.69, 9.17) is 4.74 Å². The molecule has 1 atom stereocenters. The third-order valence-electron chi connectivity index (χ3n) is 3.60. The maximum absolute atomic E-state index is 11.1. The highest BCUT2D eigenvalue weighted by molar-refractivity contribution is 5.69. The van der Waals surface area contributed by atoms with Crippen LogP contribution in [-0.4, -0.2) is 26.7 Å². The minimum absolute atomic E-state index is 0.238. The number of fused-ring (bicyclic) bond motifs is 1. The SMILES string of the molecule is CNC1CCCc2c(OCCC(=O)OC)cccc21. The molecule has 0 aliphatic heterocycles. The lowest BCUT2D eigenvalue weighted by Crippen LogP contribution is -2.22. The van der Waals surface area contributed by atoms with E-state index in [2.05, 4.69) is 16.1 Å². The summed E-state index contributed by atoms with van der Waals surface area (Å²) >= 11 is 0. The number of benzene rings is 1. The topological polar surface area (TPSA) is 47.6 Å². The van der Waals surface area contributed by atoms with E-state index in [9.17, 15) is 4.79 Å². The zero-order valence-electron chi connectivity index (χ0n) is 11.6. The summed E-state index contributed by atoms with van der Waals surface area (Å²) in [5.74, 6) is 0.666. The summed E-state index contributed by atoms with van der Waals surface area (Å²) in [7, 11) is 3.38. The number of nitrogens with one attached hydrogen (secondary N) is 1. The van der Waals surface area contributed by atoms with Crippen molar-refractivity contribution in [3.8, 4) is 5.75 Å². The van der Waals surface area contributed by atoms with Gasteiger partial charge in [-0.15, -0.1) is 0 Å². The van der Waals surface area contributed by atoms with Gasteiger partial charge in [-0.2, -0.15) is 0 Å². The van der Waals surface area contributed by atoms with Gasteiger partial charge in [0.05, 0.1) is 20.1 Å². The molecule has 1 N–H and O–H groups in total. The molecule has 1 aliphatic carbocycles. The summed E-state index contributed by atoms with van der Waals surface area (Å²) in [6.45, 7) is 0.368. The number of hydrogen-bond acceptors (Lipinski definition) is 4. The average molecular weight is 263 g/mol. The molecule has 0 heterocycles. The Morgan fingerprint density at radius 1 is 1.47 bits per heavy atom. The predicted molar refractivity (Wildman–Crippen MR) is 73.3 cm³/mol. The van der Waals surface area contributed by atoms with Gasteiger partial charge in [0.1, 0.15) is 5.75 Å². The van der Waals surface area contributed by atoms with Gasteiger partial charge in [0.2, 0.25) is 0 Å². The lowest BCUT2D eigenvalue weighted by atomic mass is 9.87. The second-order valence-corrected chi connectivity index (χ2v) is 4.73. The molecule has 0 radical (unpaired) electrons. The van der Waals surface area contributed by atoms with Crippen molar-refractivity contribution in [2.75, 3.05) is 20.8 Å². The van der Waals surface area contributed by atoms with Crippen molar-refractivity contribution in [2.45, 2.75) is 31.7 Å². The molecule has 0 spiro atoms. The van der Waals surface area contributed by atoms with Crippen molar-refractivity contribution >= 4 is 5.97 Å². The van der Waals surface area contributed by atoms with Crippen molar-refractivity contribution in [3.05, 3.63) is 29.3 Å². The molecule has 1 aromatic carbocycles. The fraction of sp³-hybridized carbons (Fsp3) is 0.533. The summed E-state index contributed by atoms with van der Waals surface area (Å²) in [6.07, 6.45) is 3.66. The Morgan fingerprint density at radius 2 is 2.32 bits per heavy atom. The lowest BCUT2D eigenvalue weighted by molar-refractivity contribution is -0.141. The fourth-order valence-corrected chi connectivity index (χ4v) is 2.60. The molecule has 4 nitrogen and oxygen atoms in total. The van der Waals surface area contributed by atoms with Gasteiger partial charge in [0.25, 0.3) is 0 Å². The summed E-state index contributed by atoms with van der Waals surface area (Å²) in [5.41, 5.74) is 2.60. The highest BCUT2D eigenvalue weighted by Gasteiger charge is 2.21. The van der Waals surface area contributed by atoms with Crippen LogP contribution in [0.4, 0.5) is 0 Å². The van der Waals surface area contributed by atoms with Crippen LogP contribution in [0.2, 0.25) is 0 Å². The normalized spacial score (nSPS) is 17.7. The minimum Gasteiger partial charge on any atom is -0.493 e. The highest BCUT2D eigenvalue weighted by Crippen LogP contribution is 2.35. The molecule has 1 unspecified atom stereocenters.